The highest BCUT2D eigenvalue weighted by molar-refractivity contribution is 5.81. The quantitative estimate of drug-likeness (QED) is 0.791. The molecule has 0 radical (unpaired) electrons. The number of aliphatic carboxylic acids is 1. The van der Waals surface area contributed by atoms with E-state index in [0.717, 1.165) is 0 Å². The second-order valence-electron chi connectivity index (χ2n) is 7.95. The summed E-state index contributed by atoms with van der Waals surface area (Å²) in [4.78, 5) is 23.5. The van der Waals surface area contributed by atoms with E-state index in [4.69, 9.17) is 14.7 Å². The molecule has 2 aromatic rings. The average Bonchev–Trinajstić information content (AvgIpc) is 2.65. The van der Waals surface area contributed by atoms with Gasteiger partial charge in [-0.25, -0.2) is 14.0 Å². The summed E-state index contributed by atoms with van der Waals surface area (Å²) in [6.45, 7) is 5.12. The first kappa shape index (κ1) is 21.1. The van der Waals surface area contributed by atoms with Crippen molar-refractivity contribution in [1.29, 1.82) is 5.26 Å². The number of amides is 1. The third-order valence-electron chi connectivity index (χ3n) is 4.47. The van der Waals surface area contributed by atoms with Gasteiger partial charge < -0.3 is 19.9 Å². The number of nitrogens with one attached hydrogen (secondary N) is 1. The molecular formula is C22H21FN2O5. The molecule has 8 heteroatoms. The van der Waals surface area contributed by atoms with Gasteiger partial charge in [-0.1, -0.05) is 0 Å². The van der Waals surface area contributed by atoms with Gasteiger partial charge in [-0.15, -0.1) is 0 Å². The lowest BCUT2D eigenvalue weighted by Gasteiger charge is -2.24. The monoisotopic (exact) mass is 412 g/mol. The maximum absolute atomic E-state index is 14.8. The summed E-state index contributed by atoms with van der Waals surface area (Å²) in [5, 5.41) is 20.7. The number of alkyl carbamates (subject to hydrolysis) is 1. The normalized spacial score (nSPS) is 13.2. The van der Waals surface area contributed by atoms with E-state index in [2.05, 4.69) is 5.32 Å². The molecule has 156 valence electrons. The van der Waals surface area contributed by atoms with Crippen molar-refractivity contribution in [2.24, 2.45) is 0 Å². The Morgan fingerprint density at radius 1 is 1.30 bits per heavy atom. The van der Waals surface area contributed by atoms with Crippen LogP contribution in [-0.4, -0.2) is 28.8 Å². The average molecular weight is 412 g/mol. The zero-order chi connectivity index (χ0) is 22.1. The highest BCUT2D eigenvalue weighted by Gasteiger charge is 2.27. The van der Waals surface area contributed by atoms with Crippen LogP contribution in [0.1, 0.15) is 37.5 Å². The van der Waals surface area contributed by atoms with E-state index in [1.165, 1.54) is 6.07 Å². The summed E-state index contributed by atoms with van der Waals surface area (Å²) < 4.78 is 25.6. The number of benzene rings is 2. The molecule has 1 unspecified atom stereocenters. The summed E-state index contributed by atoms with van der Waals surface area (Å²) >= 11 is 0. The molecule has 1 aliphatic heterocycles. The van der Waals surface area contributed by atoms with Gasteiger partial charge in [0.05, 0.1) is 11.6 Å². The lowest BCUT2D eigenvalue weighted by molar-refractivity contribution is -0.139. The van der Waals surface area contributed by atoms with Gasteiger partial charge in [0.1, 0.15) is 29.8 Å². The van der Waals surface area contributed by atoms with Crippen molar-refractivity contribution in [2.75, 3.05) is 0 Å². The van der Waals surface area contributed by atoms with Gasteiger partial charge in [0.15, 0.2) is 0 Å². The number of rotatable bonds is 4. The van der Waals surface area contributed by atoms with Gasteiger partial charge >= 0.3 is 12.1 Å². The topological polar surface area (TPSA) is 109 Å². The molecule has 0 bridgehead atoms. The van der Waals surface area contributed by atoms with Crippen LogP contribution in [0.3, 0.4) is 0 Å². The fourth-order valence-electron chi connectivity index (χ4n) is 3.15. The Labute approximate surface area is 173 Å². The Morgan fingerprint density at radius 3 is 2.67 bits per heavy atom. The first-order chi connectivity index (χ1) is 14.1. The molecule has 0 saturated carbocycles. The van der Waals surface area contributed by atoms with Gasteiger partial charge in [0.2, 0.25) is 0 Å². The second kappa shape index (κ2) is 8.03. The van der Waals surface area contributed by atoms with Crippen molar-refractivity contribution in [3.8, 4) is 22.9 Å². The smallest absolute Gasteiger partial charge is 0.408 e. The van der Waals surface area contributed by atoms with Crippen molar-refractivity contribution in [1.82, 2.24) is 5.32 Å². The summed E-state index contributed by atoms with van der Waals surface area (Å²) in [7, 11) is 0. The molecule has 1 heterocycles. The molecule has 0 aromatic heterocycles. The van der Waals surface area contributed by atoms with Gasteiger partial charge in [-0.05, 0) is 67.8 Å². The van der Waals surface area contributed by atoms with Gasteiger partial charge in [0.25, 0.3) is 0 Å². The van der Waals surface area contributed by atoms with E-state index in [1.807, 2.05) is 6.07 Å². The fourth-order valence-corrected chi connectivity index (χ4v) is 3.15. The lowest BCUT2D eigenvalue weighted by Crippen LogP contribution is -2.44. The Kier molecular flexibility index (Phi) is 5.65. The van der Waals surface area contributed by atoms with E-state index < -0.39 is 29.5 Å². The zero-order valence-electron chi connectivity index (χ0n) is 16.8. The number of fused-ring (bicyclic) bond motifs is 3. The number of hydrogen-bond acceptors (Lipinski definition) is 5. The zero-order valence-corrected chi connectivity index (χ0v) is 16.8. The van der Waals surface area contributed by atoms with Crippen molar-refractivity contribution < 1.29 is 28.6 Å². The fraction of sp³-hybridized carbons (Fsp3) is 0.318. The summed E-state index contributed by atoms with van der Waals surface area (Å²) in [6, 6.07) is 8.44. The van der Waals surface area contributed by atoms with Crippen LogP contribution in [-0.2, 0) is 22.6 Å². The standard InChI is InChI=1S/C22H21FN2O5/c1-22(2,3)30-21(28)25-18(20(26)27)8-13-7-14-11-29-19-6-12(10-24)4-5-15(19)16(14)9-17(13)23/h4-7,9,18H,8,11H2,1-3H3,(H,25,28)(H,26,27). The molecule has 0 saturated heterocycles. The van der Waals surface area contributed by atoms with Crippen LogP contribution in [0.25, 0.3) is 11.1 Å². The number of carboxylic acid groups (broad SMARTS) is 1. The lowest BCUT2D eigenvalue weighted by atomic mass is 9.92. The molecule has 7 nitrogen and oxygen atoms in total. The number of ether oxygens (including phenoxy) is 2. The summed E-state index contributed by atoms with van der Waals surface area (Å²) in [5.41, 5.74) is 1.74. The first-order valence-electron chi connectivity index (χ1n) is 9.28. The molecule has 2 N–H and O–H groups in total. The number of carbonyl (C=O) groups excluding carboxylic acids is 1. The van der Waals surface area contributed by atoms with E-state index in [-0.39, 0.29) is 18.6 Å². The molecule has 0 fully saturated rings. The minimum absolute atomic E-state index is 0.137. The van der Waals surface area contributed by atoms with Crippen LogP contribution < -0.4 is 10.1 Å². The Balaban J connectivity index is 1.86. The predicted molar refractivity (Wildman–Crippen MR) is 105 cm³/mol. The largest absolute Gasteiger partial charge is 0.488 e. The highest BCUT2D eigenvalue weighted by atomic mass is 19.1. The summed E-state index contributed by atoms with van der Waals surface area (Å²) in [5.74, 6) is -1.41. The Bertz CT molecular complexity index is 1050. The predicted octanol–water partition coefficient (Wildman–Crippen LogP) is 3.78. The van der Waals surface area contributed by atoms with Crippen LogP contribution in [0.2, 0.25) is 0 Å². The van der Waals surface area contributed by atoms with Crippen LogP contribution in [0.5, 0.6) is 5.75 Å². The van der Waals surface area contributed by atoms with Gasteiger partial charge in [0, 0.05) is 12.0 Å². The van der Waals surface area contributed by atoms with Crippen molar-refractivity contribution in [3.63, 3.8) is 0 Å². The Hall–Kier alpha value is -3.60. The van der Waals surface area contributed by atoms with Crippen molar-refractivity contribution in [3.05, 3.63) is 52.8 Å². The van der Waals surface area contributed by atoms with E-state index in [1.54, 1.807) is 45.0 Å². The van der Waals surface area contributed by atoms with E-state index >= 15 is 0 Å². The number of hydrogen-bond donors (Lipinski definition) is 2. The minimum atomic E-state index is -1.36. The van der Waals surface area contributed by atoms with Crippen LogP contribution in [0, 0.1) is 17.1 Å². The number of nitriles is 1. The SMILES string of the molecule is CC(C)(C)OC(=O)NC(Cc1cc2c(cc1F)-c1ccc(C#N)cc1OC2)C(=O)O. The summed E-state index contributed by atoms with van der Waals surface area (Å²) in [6.07, 6.45) is -1.15. The molecule has 0 spiro atoms. The molecule has 0 aliphatic carbocycles. The second-order valence-corrected chi connectivity index (χ2v) is 7.95. The molecule has 1 aliphatic rings. The third kappa shape index (κ3) is 4.69. The minimum Gasteiger partial charge on any atom is -0.488 e. The maximum Gasteiger partial charge on any atom is 0.408 e. The maximum atomic E-state index is 14.8. The van der Waals surface area contributed by atoms with Crippen LogP contribution >= 0.6 is 0 Å². The van der Waals surface area contributed by atoms with E-state index in [0.29, 0.717) is 28.0 Å². The van der Waals surface area contributed by atoms with E-state index in [9.17, 15) is 19.1 Å². The third-order valence-corrected chi connectivity index (χ3v) is 4.47. The molecule has 30 heavy (non-hydrogen) atoms. The van der Waals surface area contributed by atoms with Gasteiger partial charge in [-0.3, -0.25) is 0 Å². The highest BCUT2D eigenvalue weighted by Crippen LogP contribution is 2.39. The number of halogens is 1. The van der Waals surface area contributed by atoms with Crippen LogP contribution in [0.4, 0.5) is 9.18 Å². The molecular weight excluding hydrogens is 391 g/mol. The number of nitrogens with zero attached hydrogens (tertiary/aromatic N) is 1. The molecule has 3 rings (SSSR count). The van der Waals surface area contributed by atoms with Crippen molar-refractivity contribution >= 4 is 12.1 Å². The molecule has 2 aromatic carbocycles. The Morgan fingerprint density at radius 2 is 2.03 bits per heavy atom. The molecule has 1 amide bonds. The van der Waals surface area contributed by atoms with Gasteiger partial charge in [-0.2, -0.15) is 5.26 Å². The molecule has 1 atom stereocenters. The van der Waals surface area contributed by atoms with Crippen LogP contribution in [0.15, 0.2) is 30.3 Å². The number of carbonyl (C=O) groups is 2. The first-order valence-corrected chi connectivity index (χ1v) is 9.28. The van der Waals surface area contributed by atoms with Crippen molar-refractivity contribution in [2.45, 2.75) is 45.4 Å². The number of carboxylic acids is 1.